The molecule has 1 atom stereocenters. The van der Waals surface area contributed by atoms with Gasteiger partial charge in [-0.2, -0.15) is 0 Å². The number of hydrogen-bond acceptors (Lipinski definition) is 2. The number of carbonyl (C=O) groups excluding carboxylic acids is 1. The molecule has 0 aromatic carbocycles. The topological polar surface area (TPSA) is 29.1 Å². The van der Waals surface area contributed by atoms with E-state index in [1.807, 2.05) is 19.9 Å². The highest BCUT2D eigenvalue weighted by Crippen LogP contribution is 2.27. The molecule has 1 rings (SSSR count). The van der Waals surface area contributed by atoms with Crippen LogP contribution in [0, 0.1) is 6.92 Å². The highest BCUT2D eigenvalue weighted by atomic mass is 79.9. The number of hydrogen-bond donors (Lipinski definition) is 1. The molecule has 0 saturated heterocycles. The molecule has 14 heavy (non-hydrogen) atoms. The van der Waals surface area contributed by atoms with Gasteiger partial charge in [-0.25, -0.2) is 0 Å². The van der Waals surface area contributed by atoms with Crippen LogP contribution < -0.4 is 5.32 Å². The summed E-state index contributed by atoms with van der Waals surface area (Å²) in [7, 11) is 0. The smallest absolute Gasteiger partial charge is 0.261 e. The zero-order valence-corrected chi connectivity index (χ0v) is 11.1. The monoisotopic (exact) mass is 295 g/mol. The van der Waals surface area contributed by atoms with Crippen LogP contribution in [0.1, 0.15) is 22.2 Å². The molecular weight excluding hydrogens is 286 g/mol. The zero-order valence-electron chi connectivity index (χ0n) is 7.93. The minimum absolute atomic E-state index is 0.0385. The van der Waals surface area contributed by atoms with Gasteiger partial charge >= 0.3 is 0 Å². The average molecular weight is 297 g/mol. The first-order valence-electron chi connectivity index (χ1n) is 4.19. The lowest BCUT2D eigenvalue weighted by molar-refractivity contribution is 0.0958. The number of alkyl halides is 1. The van der Waals surface area contributed by atoms with Gasteiger partial charge in [0.15, 0.2) is 0 Å². The van der Waals surface area contributed by atoms with E-state index in [9.17, 15) is 4.79 Å². The van der Waals surface area contributed by atoms with Crippen molar-refractivity contribution in [3.8, 4) is 0 Å². The number of carbonyl (C=O) groups is 1. The second kappa shape index (κ2) is 5.14. The first-order valence-corrected chi connectivity index (χ1v) is 6.23. The predicted octanol–water partition coefficient (Wildman–Crippen LogP) is 3.18. The van der Waals surface area contributed by atoms with E-state index >= 15 is 0 Å². The summed E-state index contributed by atoms with van der Waals surface area (Å²) < 4.78 is 1.00. The third-order valence-corrected chi connectivity index (χ3v) is 3.91. The number of nitrogens with one attached hydrogen (secondary N) is 1. The van der Waals surface area contributed by atoms with Crippen LogP contribution in [0.4, 0.5) is 0 Å². The molecule has 0 spiro atoms. The van der Waals surface area contributed by atoms with Gasteiger partial charge in [0.2, 0.25) is 0 Å². The molecule has 0 saturated carbocycles. The van der Waals surface area contributed by atoms with Gasteiger partial charge in [0.05, 0.1) is 8.66 Å². The second-order valence-corrected chi connectivity index (χ2v) is 6.17. The van der Waals surface area contributed by atoms with Crippen LogP contribution in [0.25, 0.3) is 0 Å². The summed E-state index contributed by atoms with van der Waals surface area (Å²) in [4.78, 5) is 12.2. The minimum atomic E-state index is -0.0590. The van der Waals surface area contributed by atoms with Gasteiger partial charge in [0.25, 0.3) is 5.91 Å². The number of aryl methyl sites for hydroxylation is 1. The fourth-order valence-corrected chi connectivity index (χ4v) is 2.42. The van der Waals surface area contributed by atoms with E-state index in [1.54, 1.807) is 0 Å². The van der Waals surface area contributed by atoms with Gasteiger partial charge in [0.1, 0.15) is 0 Å². The van der Waals surface area contributed by atoms with Gasteiger partial charge in [0, 0.05) is 11.9 Å². The lowest BCUT2D eigenvalue weighted by atomic mass is 10.3. The van der Waals surface area contributed by atoms with E-state index < -0.39 is 0 Å². The van der Waals surface area contributed by atoms with E-state index in [1.165, 1.54) is 11.3 Å². The Kier molecular flexibility index (Phi) is 4.41. The molecule has 1 aromatic rings. The van der Waals surface area contributed by atoms with Crippen molar-refractivity contribution in [3.05, 3.63) is 20.3 Å². The van der Waals surface area contributed by atoms with E-state index in [4.69, 9.17) is 11.6 Å². The van der Waals surface area contributed by atoms with E-state index in [-0.39, 0.29) is 11.3 Å². The number of thiophene rings is 1. The quantitative estimate of drug-likeness (QED) is 0.853. The van der Waals surface area contributed by atoms with E-state index in [2.05, 4.69) is 21.2 Å². The maximum absolute atomic E-state index is 11.5. The van der Waals surface area contributed by atoms with Crippen molar-refractivity contribution in [3.63, 3.8) is 0 Å². The molecule has 5 heteroatoms. The first-order chi connectivity index (χ1) is 6.50. The Bertz CT molecular complexity index is 318. The van der Waals surface area contributed by atoms with Crippen LogP contribution in [-0.2, 0) is 0 Å². The Morgan fingerprint density at radius 1 is 1.79 bits per heavy atom. The van der Waals surface area contributed by atoms with Crippen molar-refractivity contribution in [2.24, 2.45) is 0 Å². The van der Waals surface area contributed by atoms with Crippen LogP contribution in [0.3, 0.4) is 0 Å². The zero-order chi connectivity index (χ0) is 10.7. The van der Waals surface area contributed by atoms with E-state index in [0.29, 0.717) is 11.4 Å². The van der Waals surface area contributed by atoms with Crippen LogP contribution in [0.15, 0.2) is 9.85 Å². The lowest BCUT2D eigenvalue weighted by Crippen LogP contribution is -2.27. The third kappa shape index (κ3) is 3.26. The molecule has 1 amide bonds. The Hall–Kier alpha value is -0.0600. The van der Waals surface area contributed by atoms with Crippen LogP contribution in [0.5, 0.6) is 0 Å². The van der Waals surface area contributed by atoms with Gasteiger partial charge in [-0.1, -0.05) is 0 Å². The van der Waals surface area contributed by atoms with Gasteiger partial charge < -0.3 is 5.32 Å². The summed E-state index contributed by atoms with van der Waals surface area (Å²) >= 11 is 10.5. The van der Waals surface area contributed by atoms with Crippen molar-refractivity contribution in [2.75, 3.05) is 6.54 Å². The van der Waals surface area contributed by atoms with Crippen molar-refractivity contribution in [1.29, 1.82) is 0 Å². The molecule has 0 aliphatic carbocycles. The highest BCUT2D eigenvalue weighted by Gasteiger charge is 2.11. The molecule has 1 unspecified atom stereocenters. The normalized spacial score (nSPS) is 12.6. The van der Waals surface area contributed by atoms with Gasteiger partial charge in [-0.3, -0.25) is 4.79 Å². The average Bonchev–Trinajstić information content (AvgIpc) is 2.43. The second-order valence-electron chi connectivity index (χ2n) is 3.06. The van der Waals surface area contributed by atoms with Crippen molar-refractivity contribution < 1.29 is 4.79 Å². The molecule has 2 nitrogen and oxygen atoms in total. The van der Waals surface area contributed by atoms with Crippen molar-refractivity contribution >= 4 is 44.8 Å². The molecular formula is C9H11BrClNOS. The highest BCUT2D eigenvalue weighted by molar-refractivity contribution is 9.11. The lowest BCUT2D eigenvalue weighted by Gasteiger charge is -2.03. The fourth-order valence-electron chi connectivity index (χ4n) is 0.892. The summed E-state index contributed by atoms with van der Waals surface area (Å²) in [5, 5.41) is 2.72. The van der Waals surface area contributed by atoms with Crippen LogP contribution >= 0.6 is 38.9 Å². The summed E-state index contributed by atoms with van der Waals surface area (Å²) in [6, 6.07) is 1.86. The Morgan fingerprint density at radius 3 is 2.86 bits per heavy atom. The molecule has 0 aliphatic heterocycles. The fraction of sp³-hybridized carbons (Fsp3) is 0.444. The standard InChI is InChI=1S/C9H11BrClNOS/c1-5-3-7(14-8(5)10)9(13)12-4-6(2)11/h3,6H,4H2,1-2H3,(H,12,13). The molecule has 0 aliphatic rings. The Balaban J connectivity index is 2.61. The molecule has 1 N–H and O–H groups in total. The third-order valence-electron chi connectivity index (χ3n) is 1.62. The Morgan fingerprint density at radius 2 is 2.43 bits per heavy atom. The molecule has 0 fully saturated rings. The predicted molar refractivity (Wildman–Crippen MR) is 64.4 cm³/mol. The van der Waals surface area contributed by atoms with Crippen LogP contribution in [-0.4, -0.2) is 17.8 Å². The maximum Gasteiger partial charge on any atom is 0.261 e. The van der Waals surface area contributed by atoms with Crippen molar-refractivity contribution in [2.45, 2.75) is 19.2 Å². The molecule has 1 aromatic heterocycles. The maximum atomic E-state index is 11.5. The SMILES string of the molecule is Cc1cc(C(=O)NCC(C)Cl)sc1Br. The number of amides is 1. The van der Waals surface area contributed by atoms with Crippen LogP contribution in [0.2, 0.25) is 0 Å². The minimum Gasteiger partial charge on any atom is -0.350 e. The Labute approximate surface area is 101 Å². The first kappa shape index (κ1) is 12.0. The van der Waals surface area contributed by atoms with Gasteiger partial charge in [-0.15, -0.1) is 22.9 Å². The molecule has 78 valence electrons. The van der Waals surface area contributed by atoms with Crippen molar-refractivity contribution in [1.82, 2.24) is 5.32 Å². The summed E-state index contributed by atoms with van der Waals surface area (Å²) in [5.74, 6) is -0.0590. The summed E-state index contributed by atoms with van der Waals surface area (Å²) in [5.41, 5.74) is 1.08. The summed E-state index contributed by atoms with van der Waals surface area (Å²) in [6.45, 7) is 4.30. The molecule has 1 heterocycles. The molecule has 0 bridgehead atoms. The summed E-state index contributed by atoms with van der Waals surface area (Å²) in [6.07, 6.45) is 0. The number of rotatable bonds is 3. The van der Waals surface area contributed by atoms with Gasteiger partial charge in [-0.05, 0) is 41.4 Å². The largest absolute Gasteiger partial charge is 0.350 e. The number of halogens is 2. The molecule has 0 radical (unpaired) electrons. The van der Waals surface area contributed by atoms with E-state index in [0.717, 1.165) is 9.35 Å².